The zero-order valence-corrected chi connectivity index (χ0v) is 10.2. The van der Waals surface area contributed by atoms with Gasteiger partial charge in [-0.25, -0.2) is 0 Å². The van der Waals surface area contributed by atoms with Crippen LogP contribution in [0.25, 0.3) is 0 Å². The minimum Gasteiger partial charge on any atom is -0.497 e. The van der Waals surface area contributed by atoms with Crippen molar-refractivity contribution in [1.29, 1.82) is 0 Å². The maximum absolute atomic E-state index is 5.55. The number of aryl methyl sites for hydroxylation is 1. The van der Waals surface area contributed by atoms with Gasteiger partial charge in [-0.05, 0) is 29.9 Å². The average molecular weight is 225 g/mol. The third kappa shape index (κ3) is 4.58. The van der Waals surface area contributed by atoms with Crippen molar-refractivity contribution in [3.05, 3.63) is 29.8 Å². The number of thioether (sulfide) groups is 1. The average Bonchev–Trinajstić information content (AvgIpc) is 2.29. The van der Waals surface area contributed by atoms with Crippen LogP contribution in [0.1, 0.15) is 12.5 Å². The summed E-state index contributed by atoms with van der Waals surface area (Å²) in [6.45, 7) is 2.92. The Kier molecular flexibility index (Phi) is 5.58. The summed E-state index contributed by atoms with van der Waals surface area (Å²) in [5.41, 5.74) is 6.91. The van der Waals surface area contributed by atoms with Crippen LogP contribution >= 0.6 is 11.8 Å². The van der Waals surface area contributed by atoms with Gasteiger partial charge in [0.1, 0.15) is 5.75 Å². The van der Waals surface area contributed by atoms with Gasteiger partial charge < -0.3 is 10.5 Å². The highest BCUT2D eigenvalue weighted by Gasteiger charge is 1.99. The highest BCUT2D eigenvalue weighted by Crippen LogP contribution is 2.15. The summed E-state index contributed by atoms with van der Waals surface area (Å²) in [6.07, 6.45) is 1.10. The van der Waals surface area contributed by atoms with Gasteiger partial charge in [-0.2, -0.15) is 11.8 Å². The van der Waals surface area contributed by atoms with E-state index in [0.717, 1.165) is 24.5 Å². The van der Waals surface area contributed by atoms with E-state index in [1.54, 1.807) is 7.11 Å². The molecule has 0 saturated carbocycles. The van der Waals surface area contributed by atoms with E-state index in [0.29, 0.717) is 5.25 Å². The van der Waals surface area contributed by atoms with Gasteiger partial charge in [0.25, 0.3) is 0 Å². The number of ether oxygens (including phenoxy) is 1. The van der Waals surface area contributed by atoms with E-state index >= 15 is 0 Å². The second kappa shape index (κ2) is 6.75. The summed E-state index contributed by atoms with van der Waals surface area (Å²) in [7, 11) is 1.69. The summed E-state index contributed by atoms with van der Waals surface area (Å²) in [6, 6.07) is 8.25. The molecule has 0 aliphatic carbocycles. The van der Waals surface area contributed by atoms with E-state index in [2.05, 4.69) is 19.1 Å². The van der Waals surface area contributed by atoms with Crippen molar-refractivity contribution in [2.75, 3.05) is 19.4 Å². The molecule has 3 heteroatoms. The molecule has 0 aromatic heterocycles. The van der Waals surface area contributed by atoms with Gasteiger partial charge in [0.15, 0.2) is 0 Å². The number of hydrogen-bond donors (Lipinski definition) is 1. The van der Waals surface area contributed by atoms with E-state index in [-0.39, 0.29) is 0 Å². The molecule has 2 N–H and O–H groups in total. The molecule has 15 heavy (non-hydrogen) atoms. The Morgan fingerprint density at radius 3 is 2.53 bits per heavy atom. The molecule has 0 aliphatic heterocycles. The molecule has 1 atom stereocenters. The molecule has 0 spiro atoms. The molecule has 2 nitrogen and oxygen atoms in total. The van der Waals surface area contributed by atoms with Crippen LogP contribution in [0.5, 0.6) is 5.75 Å². The first-order valence-corrected chi connectivity index (χ1v) is 6.25. The van der Waals surface area contributed by atoms with Gasteiger partial charge in [-0.1, -0.05) is 19.1 Å². The fourth-order valence-corrected chi connectivity index (χ4v) is 2.13. The Balaban J connectivity index is 2.31. The predicted octanol–water partition coefficient (Wildman–Crippen LogP) is 2.32. The van der Waals surface area contributed by atoms with Crippen molar-refractivity contribution in [3.63, 3.8) is 0 Å². The normalized spacial score (nSPS) is 12.5. The Bertz CT molecular complexity index is 273. The molecular formula is C12H19NOS. The summed E-state index contributed by atoms with van der Waals surface area (Å²) in [5, 5.41) is 0.559. The van der Waals surface area contributed by atoms with E-state index in [1.807, 2.05) is 23.9 Å². The SMILES string of the molecule is COc1ccc(CCSC(C)CN)cc1. The first-order valence-electron chi connectivity index (χ1n) is 5.21. The number of methoxy groups -OCH3 is 1. The largest absolute Gasteiger partial charge is 0.497 e. The highest BCUT2D eigenvalue weighted by molar-refractivity contribution is 7.99. The Hall–Kier alpha value is -0.670. The van der Waals surface area contributed by atoms with Gasteiger partial charge in [0.05, 0.1) is 7.11 Å². The molecular weight excluding hydrogens is 206 g/mol. The first kappa shape index (κ1) is 12.4. The van der Waals surface area contributed by atoms with Gasteiger partial charge in [0.2, 0.25) is 0 Å². The molecule has 0 amide bonds. The third-order valence-corrected chi connectivity index (χ3v) is 3.49. The van der Waals surface area contributed by atoms with Crippen LogP contribution in [0, 0.1) is 0 Å². The lowest BCUT2D eigenvalue weighted by Gasteiger charge is -2.08. The predicted molar refractivity (Wildman–Crippen MR) is 67.7 cm³/mol. The number of benzene rings is 1. The second-order valence-corrected chi connectivity index (χ2v) is 5.06. The maximum atomic E-state index is 5.55. The van der Waals surface area contributed by atoms with Crippen molar-refractivity contribution in [1.82, 2.24) is 0 Å². The van der Waals surface area contributed by atoms with E-state index in [4.69, 9.17) is 10.5 Å². The van der Waals surface area contributed by atoms with Gasteiger partial charge in [0, 0.05) is 11.8 Å². The first-order chi connectivity index (χ1) is 7.26. The van der Waals surface area contributed by atoms with Gasteiger partial charge in [-0.3, -0.25) is 0 Å². The van der Waals surface area contributed by atoms with E-state index in [9.17, 15) is 0 Å². The van der Waals surface area contributed by atoms with Gasteiger partial charge in [-0.15, -0.1) is 0 Å². The lowest BCUT2D eigenvalue weighted by Crippen LogP contribution is -2.13. The Morgan fingerprint density at radius 2 is 2.00 bits per heavy atom. The van der Waals surface area contributed by atoms with E-state index in [1.165, 1.54) is 5.56 Å². The maximum Gasteiger partial charge on any atom is 0.118 e. The zero-order chi connectivity index (χ0) is 11.1. The fraction of sp³-hybridized carbons (Fsp3) is 0.500. The minimum absolute atomic E-state index is 0.559. The molecule has 1 rings (SSSR count). The number of hydrogen-bond acceptors (Lipinski definition) is 3. The van der Waals surface area contributed by atoms with Crippen molar-refractivity contribution in [2.24, 2.45) is 5.73 Å². The summed E-state index contributed by atoms with van der Waals surface area (Å²) >= 11 is 1.92. The number of nitrogens with two attached hydrogens (primary N) is 1. The molecule has 0 saturated heterocycles. The highest BCUT2D eigenvalue weighted by atomic mass is 32.2. The van der Waals surface area contributed by atoms with Crippen LogP contribution in [0.4, 0.5) is 0 Å². The zero-order valence-electron chi connectivity index (χ0n) is 9.40. The van der Waals surface area contributed by atoms with Gasteiger partial charge >= 0.3 is 0 Å². The smallest absolute Gasteiger partial charge is 0.118 e. The summed E-state index contributed by atoms with van der Waals surface area (Å²) < 4.78 is 5.11. The fourth-order valence-electron chi connectivity index (χ4n) is 1.24. The summed E-state index contributed by atoms with van der Waals surface area (Å²) in [5.74, 6) is 2.05. The molecule has 0 aliphatic rings. The van der Waals surface area contributed by atoms with Crippen LogP contribution in [0.3, 0.4) is 0 Å². The van der Waals surface area contributed by atoms with Crippen molar-refractivity contribution < 1.29 is 4.74 Å². The molecule has 84 valence electrons. The van der Waals surface area contributed by atoms with Crippen LogP contribution < -0.4 is 10.5 Å². The quantitative estimate of drug-likeness (QED) is 0.807. The van der Waals surface area contributed by atoms with Crippen LogP contribution in [-0.2, 0) is 6.42 Å². The molecule has 0 radical (unpaired) electrons. The van der Waals surface area contributed by atoms with E-state index < -0.39 is 0 Å². The van der Waals surface area contributed by atoms with Crippen LogP contribution in [0.15, 0.2) is 24.3 Å². The topological polar surface area (TPSA) is 35.2 Å². The molecule has 0 heterocycles. The Labute approximate surface area is 96.2 Å². The Morgan fingerprint density at radius 1 is 1.33 bits per heavy atom. The molecule has 1 unspecified atom stereocenters. The summed E-state index contributed by atoms with van der Waals surface area (Å²) in [4.78, 5) is 0. The number of rotatable bonds is 6. The third-order valence-electron chi connectivity index (χ3n) is 2.28. The molecule has 0 fully saturated rings. The monoisotopic (exact) mass is 225 g/mol. The van der Waals surface area contributed by atoms with Crippen molar-refractivity contribution in [3.8, 4) is 5.75 Å². The van der Waals surface area contributed by atoms with Crippen molar-refractivity contribution >= 4 is 11.8 Å². The van der Waals surface area contributed by atoms with Crippen LogP contribution in [-0.4, -0.2) is 24.7 Å². The lowest BCUT2D eigenvalue weighted by atomic mass is 10.2. The molecule has 1 aromatic carbocycles. The molecule has 0 bridgehead atoms. The standard InChI is InChI=1S/C12H19NOS/c1-10(9-13)15-8-7-11-3-5-12(14-2)6-4-11/h3-6,10H,7-9,13H2,1-2H3. The van der Waals surface area contributed by atoms with Crippen molar-refractivity contribution in [2.45, 2.75) is 18.6 Å². The second-order valence-electron chi connectivity index (χ2n) is 3.52. The van der Waals surface area contributed by atoms with Crippen LogP contribution in [0.2, 0.25) is 0 Å². The molecule has 1 aromatic rings. The minimum atomic E-state index is 0.559. The lowest BCUT2D eigenvalue weighted by molar-refractivity contribution is 0.414.